The second kappa shape index (κ2) is 19.8. The van der Waals surface area contributed by atoms with Crippen LogP contribution in [0.3, 0.4) is 0 Å². The molecule has 2 unspecified atom stereocenters. The number of rotatable bonds is 20. The second-order valence-electron chi connectivity index (χ2n) is 16.9. The van der Waals surface area contributed by atoms with E-state index in [4.69, 9.17) is 30.5 Å². The predicted octanol–water partition coefficient (Wildman–Crippen LogP) is 4.51. The van der Waals surface area contributed by atoms with Gasteiger partial charge in [-0.05, 0) is 86.6 Å². The predicted molar refractivity (Wildman–Crippen MR) is 217 cm³/mol. The lowest BCUT2D eigenvalue weighted by atomic mass is 9.45. The van der Waals surface area contributed by atoms with Gasteiger partial charge in [-0.3, -0.25) is 19.2 Å². The summed E-state index contributed by atoms with van der Waals surface area (Å²) in [6.07, 6.45) is 3.50. The summed E-state index contributed by atoms with van der Waals surface area (Å²) in [6, 6.07) is 4.75. The van der Waals surface area contributed by atoms with Crippen LogP contribution >= 0.6 is 11.6 Å². The molecular weight excluding hydrogens is 854 g/mol. The number of benzene rings is 1. The van der Waals surface area contributed by atoms with Gasteiger partial charge in [0.2, 0.25) is 11.7 Å². The van der Waals surface area contributed by atoms with E-state index in [0.717, 1.165) is 5.57 Å². The van der Waals surface area contributed by atoms with Gasteiger partial charge in [-0.2, -0.15) is 0 Å². The maximum atomic E-state index is 14.6. The van der Waals surface area contributed by atoms with Crippen LogP contribution in [0.1, 0.15) is 84.6 Å². The molecule has 4 aliphatic rings. The zero-order chi connectivity index (χ0) is 46.3. The number of ketones is 2. The molecular formula is C42H52ClN3O17. The van der Waals surface area contributed by atoms with Gasteiger partial charge in [0.05, 0.1) is 30.8 Å². The lowest BCUT2D eigenvalue weighted by Gasteiger charge is -2.64. The summed E-state index contributed by atoms with van der Waals surface area (Å²) in [5.74, 6) is -4.53. The number of halogens is 1. The van der Waals surface area contributed by atoms with Crippen LogP contribution in [0.25, 0.3) is 0 Å². The van der Waals surface area contributed by atoms with E-state index >= 15 is 0 Å². The molecule has 0 saturated heterocycles. The number of carbonyl (C=O) groups excluding carboxylic acids is 6. The molecule has 0 radical (unpaired) electrons. The first-order chi connectivity index (χ1) is 29.7. The number of carbonyl (C=O) groups is 6. The molecule has 0 aromatic heterocycles. The molecule has 1 amide bonds. The Bertz CT molecular complexity index is 2030. The summed E-state index contributed by atoms with van der Waals surface area (Å²) < 4.78 is 22.1. The van der Waals surface area contributed by atoms with E-state index in [1.165, 1.54) is 37.3 Å². The minimum atomic E-state index is -1.95. The fourth-order valence-electron chi connectivity index (χ4n) is 10.3. The Morgan fingerprint density at radius 1 is 0.968 bits per heavy atom. The first kappa shape index (κ1) is 48.4. The largest absolute Gasteiger partial charge is 0.514 e. The van der Waals surface area contributed by atoms with Crippen LogP contribution in [0.15, 0.2) is 48.1 Å². The second-order valence-corrected chi connectivity index (χ2v) is 17.5. The van der Waals surface area contributed by atoms with Crippen LogP contribution in [-0.4, -0.2) is 99.9 Å². The number of ether oxygens (including phenoxy) is 4. The van der Waals surface area contributed by atoms with Crippen LogP contribution in [-0.2, 0) is 54.3 Å². The van der Waals surface area contributed by atoms with E-state index in [2.05, 4.69) is 15.0 Å². The highest BCUT2D eigenvalue weighted by molar-refractivity contribution is 6.26. The van der Waals surface area contributed by atoms with Crippen LogP contribution < -0.4 is 10.1 Å². The van der Waals surface area contributed by atoms with Gasteiger partial charge >= 0.3 is 18.1 Å². The van der Waals surface area contributed by atoms with Crippen LogP contribution in [0.2, 0.25) is 0 Å². The maximum Gasteiger partial charge on any atom is 0.514 e. The Morgan fingerprint density at radius 2 is 1.62 bits per heavy atom. The van der Waals surface area contributed by atoms with Crippen molar-refractivity contribution in [3.63, 3.8) is 0 Å². The molecule has 0 aliphatic heterocycles. The van der Waals surface area contributed by atoms with Gasteiger partial charge < -0.3 is 39.0 Å². The van der Waals surface area contributed by atoms with Crippen molar-refractivity contribution in [1.29, 1.82) is 0 Å². The van der Waals surface area contributed by atoms with Gasteiger partial charge in [-0.1, -0.05) is 44.6 Å². The number of hydrogen-bond donors (Lipinski definition) is 2. The topological polar surface area (TPSA) is 276 Å². The molecule has 63 heavy (non-hydrogen) atoms. The van der Waals surface area contributed by atoms with E-state index in [-0.39, 0.29) is 63.3 Å². The van der Waals surface area contributed by atoms with E-state index in [1.807, 2.05) is 6.92 Å². The third kappa shape index (κ3) is 10.1. The molecule has 0 spiro atoms. The normalized spacial score (nSPS) is 29.6. The number of fused-ring (bicyclic) bond motifs is 5. The van der Waals surface area contributed by atoms with Gasteiger partial charge in [-0.15, -0.1) is 31.8 Å². The van der Waals surface area contributed by atoms with Gasteiger partial charge in [0.1, 0.15) is 11.8 Å². The number of unbranched alkanes of at least 4 members (excludes halogenated alkanes) is 1. The fraction of sp³-hybridized carbons (Fsp3) is 0.619. The number of nitrogens with one attached hydrogen (secondary N) is 1. The fourth-order valence-corrected chi connectivity index (χ4v) is 10.8. The van der Waals surface area contributed by atoms with Crippen molar-refractivity contribution >= 4 is 47.2 Å². The number of Topliss-reactive ketones (excluding diaryl/α,β-unsaturated/α-hetero) is 1. The summed E-state index contributed by atoms with van der Waals surface area (Å²) in [6.45, 7) is 5.08. The van der Waals surface area contributed by atoms with Gasteiger partial charge in [0.15, 0.2) is 18.0 Å². The van der Waals surface area contributed by atoms with Crippen LogP contribution in [0, 0.1) is 48.8 Å². The lowest BCUT2D eigenvalue weighted by Crippen LogP contribution is -2.69. The molecule has 1 aromatic carbocycles. The Morgan fingerprint density at radius 3 is 2.27 bits per heavy atom. The molecule has 5 rings (SSSR count). The van der Waals surface area contributed by atoms with Crippen molar-refractivity contribution in [3.05, 3.63) is 73.9 Å². The number of esters is 2. The van der Waals surface area contributed by atoms with Crippen LogP contribution in [0.4, 0.5) is 4.79 Å². The Kier molecular flexibility index (Phi) is 15.2. The molecule has 2 N–H and O–H groups in total. The third-order valence-corrected chi connectivity index (χ3v) is 14.0. The Balaban J connectivity index is 1.29. The SMILES string of the molecule is CC(=O)N[C@@H](Cc1ccc(OC(=O)OCC(=O)[C@@]2(OC(=O)CCCO[N+](=O)[O-])[C@@H](C)CC3C4CCC5=CC(=O)C=C[C@]5(C)[C@@]4(Cl)[C@@H](O)C[C@@]32C)cc1)C(=O)OCCCCO[N+](=O)[O-]. The van der Waals surface area contributed by atoms with E-state index < -0.39 is 104 Å². The molecule has 0 heterocycles. The van der Waals surface area contributed by atoms with Crippen molar-refractivity contribution < 1.29 is 72.7 Å². The zero-order valence-electron chi connectivity index (χ0n) is 35.4. The first-order valence-corrected chi connectivity index (χ1v) is 21.0. The third-order valence-electron chi connectivity index (χ3n) is 13.1. The van der Waals surface area contributed by atoms with Crippen molar-refractivity contribution in [2.45, 2.75) is 108 Å². The summed E-state index contributed by atoms with van der Waals surface area (Å²) in [5.41, 5.74) is -2.76. The highest BCUT2D eigenvalue weighted by Crippen LogP contribution is 2.72. The Labute approximate surface area is 367 Å². The number of aliphatic hydroxyl groups excluding tert-OH is 1. The summed E-state index contributed by atoms with van der Waals surface area (Å²) >= 11 is 7.58. The minimum Gasteiger partial charge on any atom is -0.464 e. The standard InChI is InChI=1S/C42H52ClN3O17/c1-25-20-32-31-14-11-28-22-29(48)15-16-39(28,3)41(31,43)34(49)23-40(32,4)42(25,63-36(51)8-7-19-61-46(56)57)35(50)24-59-38(53)62-30-12-9-27(10-13-30)21-33(44-26(2)47)37(52)58-17-5-6-18-60-45(54)55/h9-10,12-13,15-16,22,25,31-34,49H,5-8,11,14,17-21,23-24H2,1-4H3,(H,44,47)/t25-,31?,32?,33-,34-,39-,40-,41-,42-/m0/s1. The monoisotopic (exact) mass is 905 g/mol. The molecule has 1 aromatic rings. The maximum absolute atomic E-state index is 14.6. The highest BCUT2D eigenvalue weighted by atomic mass is 35.5. The van der Waals surface area contributed by atoms with Gasteiger partial charge in [0, 0.05) is 36.5 Å². The average Bonchev–Trinajstić information content (AvgIpc) is 3.42. The quantitative estimate of drug-likeness (QED) is 0.0346. The van der Waals surface area contributed by atoms with E-state index in [1.54, 1.807) is 26.0 Å². The first-order valence-electron chi connectivity index (χ1n) is 20.7. The minimum absolute atomic E-state index is 0.00216. The molecule has 4 aliphatic carbocycles. The molecule has 0 bridgehead atoms. The average molecular weight is 906 g/mol. The zero-order valence-corrected chi connectivity index (χ0v) is 36.1. The molecule has 344 valence electrons. The number of aliphatic hydroxyl groups is 1. The molecule has 20 nitrogen and oxygen atoms in total. The highest BCUT2D eigenvalue weighted by Gasteiger charge is 2.76. The molecule has 3 fully saturated rings. The van der Waals surface area contributed by atoms with E-state index in [0.29, 0.717) is 24.8 Å². The van der Waals surface area contributed by atoms with Crippen molar-refractivity contribution in [1.82, 2.24) is 5.32 Å². The number of amides is 1. The van der Waals surface area contributed by atoms with Gasteiger partial charge in [-0.25, -0.2) is 9.59 Å². The molecule has 21 heteroatoms. The number of alkyl halides is 1. The number of allylic oxidation sites excluding steroid dienone is 4. The van der Waals surface area contributed by atoms with Crippen molar-refractivity contribution in [2.75, 3.05) is 26.4 Å². The molecule has 3 saturated carbocycles. The van der Waals surface area contributed by atoms with Gasteiger partial charge in [0.25, 0.3) is 10.2 Å². The smallest absolute Gasteiger partial charge is 0.464 e. The van der Waals surface area contributed by atoms with E-state index in [9.17, 15) is 54.1 Å². The van der Waals surface area contributed by atoms with Crippen molar-refractivity contribution in [3.8, 4) is 5.75 Å². The summed E-state index contributed by atoms with van der Waals surface area (Å²) in [5, 5.41) is 33.7. The Hall–Kier alpha value is -5.63. The summed E-state index contributed by atoms with van der Waals surface area (Å²) in [4.78, 5) is 106. The number of nitrogens with zero attached hydrogens (tertiary/aromatic N) is 2. The van der Waals surface area contributed by atoms with Crippen molar-refractivity contribution in [2.24, 2.45) is 28.6 Å². The number of hydrogen-bond acceptors (Lipinski definition) is 17. The summed E-state index contributed by atoms with van der Waals surface area (Å²) in [7, 11) is 0. The lowest BCUT2D eigenvalue weighted by molar-refractivity contribution is -0.757. The molecule has 9 atom stereocenters. The van der Waals surface area contributed by atoms with Crippen LogP contribution in [0.5, 0.6) is 5.75 Å².